The number of phenolic OH excluding ortho intramolecular Hbond substituents is 1. The number of halogens is 1. The molecule has 1 aromatic rings. The van der Waals surface area contributed by atoms with Gasteiger partial charge in [0.1, 0.15) is 17.4 Å². The molecule has 1 saturated carbocycles. The summed E-state index contributed by atoms with van der Waals surface area (Å²) in [5.41, 5.74) is 3.27. The van der Waals surface area contributed by atoms with Gasteiger partial charge in [-0.15, -0.1) is 0 Å². The lowest BCUT2D eigenvalue weighted by Gasteiger charge is -2.48. The van der Waals surface area contributed by atoms with Gasteiger partial charge in [0, 0.05) is 11.5 Å². The first-order valence-corrected chi connectivity index (χ1v) is 9.89. The predicted octanol–water partition coefficient (Wildman–Crippen LogP) is 0.350. The maximum Gasteiger partial charge on any atom is 0.230 e. The van der Waals surface area contributed by atoms with Crippen molar-refractivity contribution in [1.29, 1.82) is 0 Å². The second-order valence-corrected chi connectivity index (χ2v) is 8.83. The van der Waals surface area contributed by atoms with Gasteiger partial charge in [0.15, 0.2) is 17.2 Å². The van der Waals surface area contributed by atoms with E-state index >= 15 is 0 Å². The highest BCUT2D eigenvalue weighted by atomic mass is 127. The van der Waals surface area contributed by atoms with Gasteiger partial charge in [-0.1, -0.05) is 6.07 Å². The van der Waals surface area contributed by atoms with Crippen molar-refractivity contribution in [2.45, 2.75) is 31.0 Å². The fourth-order valence-electron chi connectivity index (χ4n) is 4.88. The van der Waals surface area contributed by atoms with Gasteiger partial charge in [-0.3, -0.25) is 14.4 Å². The molecule has 0 saturated heterocycles. The SMILES string of the molecule is NC(=O)C1C(=O)[C@@]2(O)C(O)=C3C(=O)c4c(ccc(I)c4O)C[C@H]3C[C@H]2CC1O. The minimum atomic E-state index is -2.46. The molecule has 148 valence electrons. The molecule has 0 aromatic heterocycles. The summed E-state index contributed by atoms with van der Waals surface area (Å²) in [7, 11) is 0. The van der Waals surface area contributed by atoms with Crippen molar-refractivity contribution in [1.82, 2.24) is 0 Å². The van der Waals surface area contributed by atoms with Crippen molar-refractivity contribution in [2.24, 2.45) is 23.5 Å². The lowest BCUT2D eigenvalue weighted by Crippen LogP contribution is -2.63. The van der Waals surface area contributed by atoms with Crippen molar-refractivity contribution in [3.05, 3.63) is 38.2 Å². The van der Waals surface area contributed by atoms with Gasteiger partial charge in [0.2, 0.25) is 5.91 Å². The average Bonchev–Trinajstić information content (AvgIpc) is 2.61. The van der Waals surface area contributed by atoms with E-state index < -0.39 is 52.7 Å². The lowest BCUT2D eigenvalue weighted by molar-refractivity contribution is -0.167. The van der Waals surface area contributed by atoms with E-state index in [4.69, 9.17) is 5.73 Å². The van der Waals surface area contributed by atoms with Gasteiger partial charge in [-0.05, 0) is 59.4 Å². The molecule has 3 aliphatic carbocycles. The molecule has 9 heteroatoms. The molecule has 0 heterocycles. The maximum atomic E-state index is 13.1. The fourth-order valence-corrected chi connectivity index (χ4v) is 5.33. The number of carbonyl (C=O) groups excluding carboxylic acids is 3. The van der Waals surface area contributed by atoms with Crippen molar-refractivity contribution in [3.8, 4) is 5.75 Å². The number of aliphatic hydroxyl groups is 3. The average molecular weight is 499 g/mol. The van der Waals surface area contributed by atoms with Gasteiger partial charge in [0.25, 0.3) is 0 Å². The third-order valence-electron chi connectivity index (χ3n) is 6.21. The van der Waals surface area contributed by atoms with Crippen molar-refractivity contribution < 1.29 is 34.8 Å². The summed E-state index contributed by atoms with van der Waals surface area (Å²) in [6, 6.07) is 3.41. The van der Waals surface area contributed by atoms with Crippen molar-refractivity contribution in [3.63, 3.8) is 0 Å². The lowest BCUT2D eigenvalue weighted by atomic mass is 9.58. The van der Waals surface area contributed by atoms with Crippen LogP contribution in [0.25, 0.3) is 0 Å². The van der Waals surface area contributed by atoms with E-state index in [-0.39, 0.29) is 29.7 Å². The molecule has 1 aromatic carbocycles. The van der Waals surface area contributed by atoms with Crippen LogP contribution < -0.4 is 5.73 Å². The quantitative estimate of drug-likeness (QED) is 0.276. The molecule has 3 aliphatic rings. The Morgan fingerprint density at radius 3 is 2.54 bits per heavy atom. The van der Waals surface area contributed by atoms with Crippen LogP contribution in [0.1, 0.15) is 28.8 Å². The summed E-state index contributed by atoms with van der Waals surface area (Å²) >= 11 is 1.88. The Hall–Kier alpha value is -1.98. The van der Waals surface area contributed by atoms with E-state index in [0.29, 0.717) is 15.6 Å². The van der Waals surface area contributed by atoms with E-state index in [2.05, 4.69) is 0 Å². The third-order valence-corrected chi connectivity index (χ3v) is 7.08. The Labute approximate surface area is 173 Å². The standard InChI is InChI=1S/C19H18INO7/c20-9-2-1-6-3-7-4-8-5-10(22)13(18(21)27)17(26)19(8,28)16(25)12(7)15(24)11(6)14(9)23/h1-2,7-8,10,13,22-23,25,28H,3-5H2,(H2,21,27)/t7-,8-,10?,13?,19-/m0/s1. The molecule has 0 bridgehead atoms. The highest BCUT2D eigenvalue weighted by molar-refractivity contribution is 14.1. The largest absolute Gasteiger partial charge is 0.508 e. The number of phenols is 1. The number of fused-ring (bicyclic) bond motifs is 3. The number of carbonyl (C=O) groups is 3. The van der Waals surface area contributed by atoms with Gasteiger partial charge < -0.3 is 26.2 Å². The second-order valence-electron chi connectivity index (χ2n) is 7.67. The molecular formula is C19H18INO7. The van der Waals surface area contributed by atoms with Crippen LogP contribution in [0.3, 0.4) is 0 Å². The number of ketones is 2. The second kappa shape index (κ2) is 6.26. The summed E-state index contributed by atoms with van der Waals surface area (Å²) in [5.74, 6) is -6.86. The van der Waals surface area contributed by atoms with E-state index in [9.17, 15) is 34.8 Å². The summed E-state index contributed by atoms with van der Waals surface area (Å²) in [6.45, 7) is 0. The first kappa shape index (κ1) is 19.3. The Kier molecular flexibility index (Phi) is 4.32. The van der Waals surface area contributed by atoms with Crippen molar-refractivity contribution in [2.75, 3.05) is 0 Å². The smallest absolute Gasteiger partial charge is 0.230 e. The molecule has 2 unspecified atom stereocenters. The summed E-state index contributed by atoms with van der Waals surface area (Å²) in [6.07, 6.45) is -0.965. The van der Waals surface area contributed by atoms with Crippen LogP contribution in [0.15, 0.2) is 23.5 Å². The monoisotopic (exact) mass is 499 g/mol. The van der Waals surface area contributed by atoms with Crippen LogP contribution in [0.2, 0.25) is 0 Å². The zero-order valence-electron chi connectivity index (χ0n) is 14.6. The van der Waals surface area contributed by atoms with E-state index in [1.54, 1.807) is 12.1 Å². The molecule has 1 fully saturated rings. The predicted molar refractivity (Wildman–Crippen MR) is 103 cm³/mol. The minimum absolute atomic E-state index is 0.0431. The number of hydrogen-bond donors (Lipinski definition) is 5. The minimum Gasteiger partial charge on any atom is -0.508 e. The molecule has 4 rings (SSSR count). The van der Waals surface area contributed by atoms with Crippen LogP contribution in [0, 0.1) is 21.3 Å². The van der Waals surface area contributed by atoms with Crippen LogP contribution in [-0.4, -0.2) is 49.6 Å². The fraction of sp³-hybridized carbons (Fsp3) is 0.421. The molecule has 1 amide bonds. The molecule has 28 heavy (non-hydrogen) atoms. The summed E-state index contributed by atoms with van der Waals surface area (Å²) in [4.78, 5) is 37.5. The van der Waals surface area contributed by atoms with Crippen LogP contribution in [0.5, 0.6) is 5.75 Å². The number of aliphatic hydroxyl groups excluding tert-OH is 2. The number of amides is 1. The van der Waals surface area contributed by atoms with Crippen LogP contribution in [-0.2, 0) is 16.0 Å². The zero-order valence-corrected chi connectivity index (χ0v) is 16.7. The summed E-state index contributed by atoms with van der Waals surface area (Å²) in [5, 5.41) is 42.5. The number of nitrogens with two attached hydrogens (primary N) is 1. The maximum absolute atomic E-state index is 13.1. The molecule has 5 atom stereocenters. The molecule has 8 nitrogen and oxygen atoms in total. The Bertz CT molecular complexity index is 971. The number of hydrogen-bond acceptors (Lipinski definition) is 7. The number of primary amides is 1. The number of benzene rings is 1. The Morgan fingerprint density at radius 1 is 1.21 bits per heavy atom. The molecule has 6 N–H and O–H groups in total. The Morgan fingerprint density at radius 2 is 1.89 bits per heavy atom. The molecule has 0 aliphatic heterocycles. The topological polar surface area (TPSA) is 158 Å². The van der Waals surface area contributed by atoms with Crippen LogP contribution >= 0.6 is 22.6 Å². The van der Waals surface area contributed by atoms with E-state index in [1.807, 2.05) is 22.6 Å². The van der Waals surface area contributed by atoms with E-state index in [0.717, 1.165) is 0 Å². The third kappa shape index (κ3) is 2.39. The Balaban J connectivity index is 1.89. The van der Waals surface area contributed by atoms with Crippen molar-refractivity contribution >= 4 is 40.1 Å². The molecule has 0 spiro atoms. The molecule has 0 radical (unpaired) electrons. The first-order chi connectivity index (χ1) is 13.1. The number of rotatable bonds is 1. The summed E-state index contributed by atoms with van der Waals surface area (Å²) < 4.78 is 0.460. The number of aromatic hydroxyl groups is 1. The number of allylic oxidation sites excluding steroid dienone is 1. The molecular weight excluding hydrogens is 481 g/mol. The highest BCUT2D eigenvalue weighted by Gasteiger charge is 2.62. The number of Topliss-reactive ketones (excluding diaryl/α,β-unsaturated/α-hetero) is 2. The van der Waals surface area contributed by atoms with Gasteiger partial charge in [-0.2, -0.15) is 0 Å². The first-order valence-electron chi connectivity index (χ1n) is 8.81. The normalized spacial score (nSPS) is 34.5. The van der Waals surface area contributed by atoms with Gasteiger partial charge >= 0.3 is 0 Å². The van der Waals surface area contributed by atoms with E-state index in [1.165, 1.54) is 0 Å². The van der Waals surface area contributed by atoms with Gasteiger partial charge in [-0.25, -0.2) is 0 Å². The highest BCUT2D eigenvalue weighted by Crippen LogP contribution is 2.51. The van der Waals surface area contributed by atoms with Crippen LogP contribution in [0.4, 0.5) is 0 Å². The zero-order chi connectivity index (χ0) is 20.5. The van der Waals surface area contributed by atoms with Gasteiger partial charge in [0.05, 0.1) is 15.2 Å².